The molecule has 1 rings (SSSR count). The van der Waals surface area contributed by atoms with E-state index in [4.69, 9.17) is 5.73 Å². The minimum absolute atomic E-state index is 0.127. The molecule has 3 N–H and O–H groups in total. The summed E-state index contributed by atoms with van der Waals surface area (Å²) in [5, 5.41) is 7.65. The average Bonchev–Trinajstić information content (AvgIpc) is 2.49. The van der Waals surface area contributed by atoms with Gasteiger partial charge in [0.1, 0.15) is 0 Å². The van der Waals surface area contributed by atoms with E-state index in [2.05, 4.69) is 17.1 Å². The number of nitrogens with two attached hydrogens (primary N) is 1. The fraction of sp³-hybridized carbons (Fsp3) is 0.800. The Bertz CT molecular complexity index is 371. The Balaban J connectivity index is 2.69. The van der Waals surface area contributed by atoms with Crippen molar-refractivity contribution in [3.8, 4) is 0 Å². The summed E-state index contributed by atoms with van der Waals surface area (Å²) in [5.74, 6) is 0. The Hall–Kier alpha value is -0.750. The molecule has 1 aromatic rings. The minimum Gasteiger partial charge on any atom is -0.328 e. The van der Waals surface area contributed by atoms with Crippen LogP contribution in [0.2, 0.25) is 0 Å². The van der Waals surface area contributed by atoms with E-state index in [0.29, 0.717) is 11.8 Å². The van der Waals surface area contributed by atoms with Gasteiger partial charge in [-0.05, 0) is 19.8 Å². The van der Waals surface area contributed by atoms with Crippen LogP contribution in [-0.2, 0) is 6.54 Å². The number of H-pyrrole nitrogens is 1. The topological polar surface area (TPSA) is 76.7 Å². The van der Waals surface area contributed by atoms with E-state index in [1.54, 1.807) is 16.3 Å². The third-order valence-electron chi connectivity index (χ3n) is 2.18. The first-order valence-corrected chi connectivity index (χ1v) is 6.50. The van der Waals surface area contributed by atoms with E-state index < -0.39 is 0 Å². The predicted molar refractivity (Wildman–Crippen MR) is 66.7 cm³/mol. The van der Waals surface area contributed by atoms with Crippen LogP contribution in [0.4, 0.5) is 0 Å². The molecule has 1 heterocycles. The molecule has 0 saturated carbocycles. The van der Waals surface area contributed by atoms with Gasteiger partial charge in [-0.3, -0.25) is 4.57 Å². The Labute approximate surface area is 99.8 Å². The molecule has 0 saturated heterocycles. The van der Waals surface area contributed by atoms with Gasteiger partial charge in [-0.2, -0.15) is 0 Å². The summed E-state index contributed by atoms with van der Waals surface area (Å²) in [6, 6.07) is 0.174. The van der Waals surface area contributed by atoms with Gasteiger partial charge in [-0.15, -0.1) is 5.10 Å². The SMILES string of the molecule is CCCn1c(SC(C)CC(C)N)n[nH]c1=O. The van der Waals surface area contributed by atoms with E-state index in [1.807, 2.05) is 13.8 Å². The highest BCUT2D eigenvalue weighted by Gasteiger charge is 2.13. The third kappa shape index (κ3) is 3.68. The Morgan fingerprint density at radius 3 is 2.81 bits per heavy atom. The maximum Gasteiger partial charge on any atom is 0.343 e. The Kier molecular flexibility index (Phi) is 5.08. The van der Waals surface area contributed by atoms with Crippen molar-refractivity contribution in [3.63, 3.8) is 0 Å². The van der Waals surface area contributed by atoms with Crippen LogP contribution in [0.15, 0.2) is 9.95 Å². The van der Waals surface area contributed by atoms with Crippen LogP contribution in [-0.4, -0.2) is 26.1 Å². The second-order valence-corrected chi connectivity index (χ2v) is 5.51. The van der Waals surface area contributed by atoms with Crippen molar-refractivity contribution in [2.75, 3.05) is 0 Å². The van der Waals surface area contributed by atoms with Crippen molar-refractivity contribution in [2.45, 2.75) is 56.6 Å². The second-order valence-electron chi connectivity index (χ2n) is 4.10. The van der Waals surface area contributed by atoms with E-state index in [-0.39, 0.29) is 11.7 Å². The molecule has 0 aromatic carbocycles. The molecule has 1 aromatic heterocycles. The number of aromatic nitrogens is 3. The van der Waals surface area contributed by atoms with Gasteiger partial charge in [-0.1, -0.05) is 25.6 Å². The molecule has 92 valence electrons. The molecule has 0 aliphatic rings. The van der Waals surface area contributed by atoms with E-state index in [9.17, 15) is 4.79 Å². The van der Waals surface area contributed by atoms with Gasteiger partial charge >= 0.3 is 5.69 Å². The average molecular weight is 244 g/mol. The largest absolute Gasteiger partial charge is 0.343 e. The Morgan fingerprint density at radius 1 is 1.56 bits per heavy atom. The smallest absolute Gasteiger partial charge is 0.328 e. The molecule has 0 fully saturated rings. The number of thioether (sulfide) groups is 1. The molecule has 0 bridgehead atoms. The Morgan fingerprint density at radius 2 is 2.25 bits per heavy atom. The standard InChI is InChI=1S/C10H20N4OS/c1-4-5-14-9(15)12-13-10(14)16-8(3)6-7(2)11/h7-8H,4-6,11H2,1-3H3,(H,12,15). The summed E-state index contributed by atoms with van der Waals surface area (Å²) in [6.45, 7) is 6.84. The van der Waals surface area contributed by atoms with Crippen LogP contribution in [0.5, 0.6) is 0 Å². The second kappa shape index (κ2) is 6.10. The number of nitrogens with zero attached hydrogens (tertiary/aromatic N) is 2. The first-order chi connectivity index (χ1) is 7.54. The summed E-state index contributed by atoms with van der Waals surface area (Å²) in [7, 11) is 0. The molecule has 2 unspecified atom stereocenters. The molecule has 0 aliphatic carbocycles. The van der Waals surface area contributed by atoms with Gasteiger partial charge in [0.25, 0.3) is 0 Å². The fourth-order valence-corrected chi connectivity index (χ4v) is 2.73. The van der Waals surface area contributed by atoms with Crippen molar-refractivity contribution in [3.05, 3.63) is 10.5 Å². The summed E-state index contributed by atoms with van der Waals surface area (Å²) >= 11 is 1.60. The zero-order valence-electron chi connectivity index (χ0n) is 10.1. The van der Waals surface area contributed by atoms with Crippen molar-refractivity contribution in [1.29, 1.82) is 0 Å². The highest BCUT2D eigenvalue weighted by atomic mass is 32.2. The zero-order valence-corrected chi connectivity index (χ0v) is 10.9. The molecular weight excluding hydrogens is 224 g/mol. The number of aromatic amines is 1. The molecule has 0 amide bonds. The van der Waals surface area contributed by atoms with E-state index >= 15 is 0 Å². The molecule has 0 spiro atoms. The predicted octanol–water partition coefficient (Wildman–Crippen LogP) is 1.20. The number of hydrogen-bond donors (Lipinski definition) is 2. The van der Waals surface area contributed by atoms with Crippen molar-refractivity contribution in [1.82, 2.24) is 14.8 Å². The first-order valence-electron chi connectivity index (χ1n) is 5.62. The van der Waals surface area contributed by atoms with E-state index in [1.165, 1.54) is 0 Å². The van der Waals surface area contributed by atoms with Gasteiger partial charge < -0.3 is 5.73 Å². The number of nitrogens with one attached hydrogen (secondary N) is 1. The fourth-order valence-electron chi connectivity index (χ4n) is 1.57. The molecule has 6 heteroatoms. The zero-order chi connectivity index (χ0) is 12.1. The number of rotatable bonds is 6. The lowest BCUT2D eigenvalue weighted by Crippen LogP contribution is -2.21. The van der Waals surface area contributed by atoms with Crippen molar-refractivity contribution < 1.29 is 0 Å². The highest BCUT2D eigenvalue weighted by Crippen LogP contribution is 2.22. The van der Waals surface area contributed by atoms with Gasteiger partial charge in [0, 0.05) is 17.8 Å². The van der Waals surface area contributed by atoms with Crippen LogP contribution in [0, 0.1) is 0 Å². The maximum atomic E-state index is 11.4. The lowest BCUT2D eigenvalue weighted by atomic mass is 10.2. The van der Waals surface area contributed by atoms with Crippen molar-refractivity contribution >= 4 is 11.8 Å². The van der Waals surface area contributed by atoms with E-state index in [0.717, 1.165) is 18.0 Å². The summed E-state index contributed by atoms with van der Waals surface area (Å²) in [5.41, 5.74) is 5.61. The molecule has 0 radical (unpaired) electrons. The molecule has 0 aliphatic heterocycles. The van der Waals surface area contributed by atoms with Gasteiger partial charge in [0.05, 0.1) is 0 Å². The highest BCUT2D eigenvalue weighted by molar-refractivity contribution is 7.99. The van der Waals surface area contributed by atoms with Crippen LogP contribution >= 0.6 is 11.8 Å². The van der Waals surface area contributed by atoms with Crippen LogP contribution in [0.3, 0.4) is 0 Å². The maximum absolute atomic E-state index is 11.4. The summed E-state index contributed by atoms with van der Waals surface area (Å²) in [6.07, 6.45) is 1.84. The molecule has 2 atom stereocenters. The molecule has 16 heavy (non-hydrogen) atoms. The third-order valence-corrected chi connectivity index (χ3v) is 3.30. The van der Waals surface area contributed by atoms with Crippen molar-refractivity contribution in [2.24, 2.45) is 5.73 Å². The normalized spacial score (nSPS) is 15.0. The lowest BCUT2D eigenvalue weighted by molar-refractivity contribution is 0.599. The number of hydrogen-bond acceptors (Lipinski definition) is 4. The monoisotopic (exact) mass is 244 g/mol. The van der Waals surface area contributed by atoms with Crippen LogP contribution in [0.1, 0.15) is 33.6 Å². The minimum atomic E-state index is -0.127. The van der Waals surface area contributed by atoms with Crippen LogP contribution < -0.4 is 11.4 Å². The summed E-state index contributed by atoms with van der Waals surface area (Å²) in [4.78, 5) is 11.4. The van der Waals surface area contributed by atoms with Gasteiger partial charge in [-0.25, -0.2) is 9.89 Å². The summed E-state index contributed by atoms with van der Waals surface area (Å²) < 4.78 is 1.68. The first kappa shape index (κ1) is 13.3. The quantitative estimate of drug-likeness (QED) is 0.737. The van der Waals surface area contributed by atoms with Gasteiger partial charge in [0.15, 0.2) is 5.16 Å². The molecular formula is C10H20N4OS. The molecule has 5 nitrogen and oxygen atoms in total. The lowest BCUT2D eigenvalue weighted by Gasteiger charge is -2.12. The van der Waals surface area contributed by atoms with Gasteiger partial charge in [0.2, 0.25) is 0 Å². The van der Waals surface area contributed by atoms with Crippen LogP contribution in [0.25, 0.3) is 0 Å².